The summed E-state index contributed by atoms with van der Waals surface area (Å²) in [7, 11) is 0. The zero-order chi connectivity index (χ0) is 14.7. The highest BCUT2D eigenvalue weighted by atomic mass is 79.9. The Bertz CT molecular complexity index is 662. The number of carboxylic acids is 1. The number of benzene rings is 2. The number of carbonyl (C=O) groups is 1. The number of rotatable bonds is 4. The fourth-order valence-corrected chi connectivity index (χ4v) is 2.91. The molecule has 0 heterocycles. The van der Waals surface area contributed by atoms with E-state index in [-0.39, 0.29) is 21.4 Å². The Hall–Kier alpha value is -1.40. The van der Waals surface area contributed by atoms with Crippen molar-refractivity contribution < 1.29 is 18.7 Å². The Labute approximate surface area is 126 Å². The maximum Gasteiger partial charge on any atom is 0.335 e. The smallest absolute Gasteiger partial charge is 0.335 e. The van der Waals surface area contributed by atoms with E-state index < -0.39 is 17.6 Å². The van der Waals surface area contributed by atoms with Crippen molar-refractivity contribution in [1.29, 1.82) is 0 Å². The zero-order valence-electron chi connectivity index (χ0n) is 10.1. The fourth-order valence-electron chi connectivity index (χ4n) is 1.58. The molecule has 6 heteroatoms. The fraction of sp³-hybridized carbons (Fsp3) is 0.0714. The summed E-state index contributed by atoms with van der Waals surface area (Å²) in [6, 6.07) is 8.73. The second-order valence-corrected chi connectivity index (χ2v) is 5.85. The molecule has 0 saturated carbocycles. The lowest BCUT2D eigenvalue weighted by Gasteiger charge is -2.07. The van der Waals surface area contributed by atoms with Crippen LogP contribution in [0, 0.1) is 11.6 Å². The van der Waals surface area contributed by atoms with Gasteiger partial charge in [-0.25, -0.2) is 13.6 Å². The lowest BCUT2D eigenvalue weighted by molar-refractivity contribution is 0.0696. The zero-order valence-corrected chi connectivity index (χ0v) is 12.5. The van der Waals surface area contributed by atoms with Gasteiger partial charge in [0.25, 0.3) is 0 Å². The summed E-state index contributed by atoms with van der Waals surface area (Å²) in [6.07, 6.45) is 0. The van der Waals surface area contributed by atoms with Gasteiger partial charge in [0.2, 0.25) is 0 Å². The monoisotopic (exact) mass is 358 g/mol. The van der Waals surface area contributed by atoms with E-state index in [0.29, 0.717) is 4.90 Å². The third kappa shape index (κ3) is 3.37. The van der Waals surface area contributed by atoms with E-state index in [2.05, 4.69) is 15.9 Å². The average molecular weight is 359 g/mol. The topological polar surface area (TPSA) is 37.3 Å². The van der Waals surface area contributed by atoms with Gasteiger partial charge in [-0.3, -0.25) is 0 Å². The first-order valence-electron chi connectivity index (χ1n) is 5.57. The van der Waals surface area contributed by atoms with E-state index in [1.54, 1.807) is 12.1 Å². The van der Waals surface area contributed by atoms with E-state index in [9.17, 15) is 13.6 Å². The van der Waals surface area contributed by atoms with Gasteiger partial charge in [0, 0.05) is 16.2 Å². The lowest BCUT2D eigenvalue weighted by atomic mass is 10.2. The van der Waals surface area contributed by atoms with E-state index in [1.165, 1.54) is 36.0 Å². The number of hydrogen-bond donors (Lipinski definition) is 1. The average Bonchev–Trinajstić information content (AvgIpc) is 2.43. The minimum absolute atomic E-state index is 0.0369. The highest BCUT2D eigenvalue weighted by molar-refractivity contribution is 9.10. The number of aromatic carboxylic acids is 1. The molecule has 0 atom stereocenters. The van der Waals surface area contributed by atoms with Crippen LogP contribution in [0.5, 0.6) is 0 Å². The van der Waals surface area contributed by atoms with Gasteiger partial charge in [-0.1, -0.05) is 6.07 Å². The minimum atomic E-state index is -1.03. The molecule has 20 heavy (non-hydrogen) atoms. The number of thioether (sulfide) groups is 1. The Morgan fingerprint density at radius 3 is 2.70 bits per heavy atom. The van der Waals surface area contributed by atoms with E-state index in [0.717, 1.165) is 0 Å². The molecule has 0 aliphatic rings. The van der Waals surface area contributed by atoms with Gasteiger partial charge in [0.15, 0.2) is 0 Å². The minimum Gasteiger partial charge on any atom is -0.478 e. The molecule has 0 aromatic heterocycles. The standard InChI is InChI=1S/C14H9BrF2O2S/c15-11-4-5-12(16)10(13(11)17)7-20-9-3-1-2-8(6-9)14(18)19/h1-6H,7H2,(H,18,19). The van der Waals surface area contributed by atoms with E-state index in [4.69, 9.17) is 5.11 Å². The first kappa shape index (κ1) is 15.0. The van der Waals surface area contributed by atoms with Crippen molar-refractivity contribution in [2.75, 3.05) is 0 Å². The molecule has 0 spiro atoms. The third-order valence-electron chi connectivity index (χ3n) is 2.60. The van der Waals surface area contributed by atoms with Gasteiger partial charge in [0.1, 0.15) is 11.6 Å². The predicted octanol–water partition coefficient (Wildman–Crippen LogP) is 4.72. The van der Waals surface area contributed by atoms with Crippen molar-refractivity contribution in [3.63, 3.8) is 0 Å². The van der Waals surface area contributed by atoms with Gasteiger partial charge in [-0.05, 0) is 46.3 Å². The highest BCUT2D eigenvalue weighted by Gasteiger charge is 2.13. The molecule has 2 rings (SSSR count). The normalized spacial score (nSPS) is 10.6. The molecule has 0 radical (unpaired) electrons. The SMILES string of the molecule is O=C(O)c1cccc(SCc2c(F)ccc(Br)c2F)c1. The summed E-state index contributed by atoms with van der Waals surface area (Å²) in [5, 5.41) is 8.88. The Morgan fingerprint density at radius 2 is 2.00 bits per heavy atom. The van der Waals surface area contributed by atoms with Crippen molar-refractivity contribution in [1.82, 2.24) is 0 Å². The van der Waals surface area contributed by atoms with Crippen LogP contribution in [0.1, 0.15) is 15.9 Å². The van der Waals surface area contributed by atoms with Crippen molar-refractivity contribution in [3.8, 4) is 0 Å². The second-order valence-electron chi connectivity index (χ2n) is 3.94. The third-order valence-corrected chi connectivity index (χ3v) is 4.24. The van der Waals surface area contributed by atoms with Crippen LogP contribution in [0.3, 0.4) is 0 Å². The van der Waals surface area contributed by atoms with Crippen molar-refractivity contribution in [2.45, 2.75) is 10.6 Å². The van der Waals surface area contributed by atoms with E-state index in [1.807, 2.05) is 0 Å². The Morgan fingerprint density at radius 1 is 1.25 bits per heavy atom. The van der Waals surface area contributed by atoms with E-state index >= 15 is 0 Å². The number of carboxylic acid groups (broad SMARTS) is 1. The van der Waals surface area contributed by atoms with Crippen LogP contribution in [0.15, 0.2) is 45.8 Å². The van der Waals surface area contributed by atoms with Crippen molar-refractivity contribution in [2.24, 2.45) is 0 Å². The second kappa shape index (κ2) is 6.37. The summed E-state index contributed by atoms with van der Waals surface area (Å²) in [4.78, 5) is 11.5. The summed E-state index contributed by atoms with van der Waals surface area (Å²) >= 11 is 4.19. The molecule has 0 aliphatic heterocycles. The molecule has 0 unspecified atom stereocenters. The highest BCUT2D eigenvalue weighted by Crippen LogP contribution is 2.29. The molecule has 2 aromatic rings. The van der Waals surface area contributed by atoms with Crippen LogP contribution in [0.25, 0.3) is 0 Å². The predicted molar refractivity (Wildman–Crippen MR) is 77.0 cm³/mol. The largest absolute Gasteiger partial charge is 0.478 e. The van der Waals surface area contributed by atoms with Gasteiger partial charge >= 0.3 is 5.97 Å². The summed E-state index contributed by atoms with van der Waals surface area (Å²) in [5.74, 6) is -2.20. The summed E-state index contributed by atoms with van der Waals surface area (Å²) in [6.45, 7) is 0. The lowest BCUT2D eigenvalue weighted by Crippen LogP contribution is -1.96. The molecule has 2 nitrogen and oxygen atoms in total. The van der Waals surface area contributed by atoms with Crippen LogP contribution in [-0.2, 0) is 5.75 Å². The molecular weight excluding hydrogens is 350 g/mol. The molecule has 0 aliphatic carbocycles. The van der Waals surface area contributed by atoms with Gasteiger partial charge in [0.05, 0.1) is 10.0 Å². The van der Waals surface area contributed by atoms with Crippen LogP contribution < -0.4 is 0 Å². The van der Waals surface area contributed by atoms with Crippen LogP contribution in [0.2, 0.25) is 0 Å². The molecule has 0 bridgehead atoms. The van der Waals surface area contributed by atoms with Crippen LogP contribution >= 0.6 is 27.7 Å². The quantitative estimate of drug-likeness (QED) is 0.634. The summed E-state index contributed by atoms with van der Waals surface area (Å²) < 4.78 is 27.6. The van der Waals surface area contributed by atoms with Crippen molar-refractivity contribution >= 4 is 33.7 Å². The summed E-state index contributed by atoms with van der Waals surface area (Å²) in [5.41, 5.74) is 0.107. The molecule has 0 amide bonds. The molecule has 0 fully saturated rings. The van der Waals surface area contributed by atoms with Gasteiger partial charge in [-0.15, -0.1) is 11.8 Å². The van der Waals surface area contributed by atoms with Gasteiger partial charge in [-0.2, -0.15) is 0 Å². The Balaban J connectivity index is 2.19. The maximum absolute atomic E-state index is 13.8. The maximum atomic E-state index is 13.8. The number of hydrogen-bond acceptors (Lipinski definition) is 2. The molecule has 1 N–H and O–H groups in total. The first-order valence-corrected chi connectivity index (χ1v) is 7.35. The first-order chi connectivity index (χ1) is 9.49. The molecular formula is C14H9BrF2O2S. The van der Waals surface area contributed by atoms with Crippen molar-refractivity contribution in [3.05, 3.63) is 63.6 Å². The van der Waals surface area contributed by atoms with Crippen LogP contribution in [-0.4, -0.2) is 11.1 Å². The molecule has 104 valence electrons. The molecule has 0 saturated heterocycles. The number of halogens is 3. The van der Waals surface area contributed by atoms with Crippen LogP contribution in [0.4, 0.5) is 8.78 Å². The molecule has 2 aromatic carbocycles. The van der Waals surface area contributed by atoms with Gasteiger partial charge < -0.3 is 5.11 Å². The Kier molecular flexibility index (Phi) is 4.77.